The van der Waals surface area contributed by atoms with Gasteiger partial charge in [0.25, 0.3) is 0 Å². The molecule has 0 fully saturated rings. The highest BCUT2D eigenvalue weighted by atomic mass is 32.1. The molecule has 0 radical (unpaired) electrons. The van der Waals surface area contributed by atoms with E-state index in [2.05, 4.69) is 205 Å². The lowest BCUT2D eigenvalue weighted by Gasteiger charge is -2.51. The third-order valence-corrected chi connectivity index (χ3v) is 16.4. The van der Waals surface area contributed by atoms with Gasteiger partial charge < -0.3 is 9.71 Å². The van der Waals surface area contributed by atoms with Crippen molar-refractivity contribution in [2.75, 3.05) is 9.71 Å². The Morgan fingerprint density at radius 1 is 0.557 bits per heavy atom. The molecule has 8 aromatic rings. The van der Waals surface area contributed by atoms with Crippen LogP contribution < -0.4 is 20.0 Å². The quantitative estimate of drug-likeness (QED) is 0.161. The minimum Gasteiger partial charge on any atom is -0.375 e. The van der Waals surface area contributed by atoms with Gasteiger partial charge in [-0.3, -0.25) is 0 Å². The topological polar surface area (TPSA) is 6.48 Å². The zero-order valence-corrected chi connectivity index (χ0v) is 37.8. The Hall–Kier alpha value is -5.58. The van der Waals surface area contributed by atoms with Crippen molar-refractivity contribution in [3.63, 3.8) is 0 Å². The van der Waals surface area contributed by atoms with Gasteiger partial charge in [-0.2, -0.15) is 0 Å². The number of benzene rings is 7. The van der Waals surface area contributed by atoms with Crippen molar-refractivity contribution in [2.24, 2.45) is 0 Å². The maximum absolute atomic E-state index is 2.77. The maximum atomic E-state index is 2.77. The van der Waals surface area contributed by atoms with Gasteiger partial charge in [0.15, 0.2) is 0 Å². The van der Waals surface area contributed by atoms with Crippen molar-refractivity contribution in [1.29, 1.82) is 0 Å². The summed E-state index contributed by atoms with van der Waals surface area (Å²) in [6, 6.07) is 51.8. The average molecular weight is 809 g/mol. The van der Waals surface area contributed by atoms with Crippen molar-refractivity contribution in [3.8, 4) is 22.3 Å². The lowest BCUT2D eigenvalue weighted by atomic mass is 9.45. The largest absolute Gasteiger partial charge is 0.375 e. The van der Waals surface area contributed by atoms with E-state index in [1.807, 2.05) is 11.3 Å². The van der Waals surface area contributed by atoms with Crippen LogP contribution in [0.5, 0.6) is 0 Å². The molecule has 0 atom stereocenters. The Balaban J connectivity index is 1.28. The van der Waals surface area contributed by atoms with Gasteiger partial charge in [0.05, 0.1) is 11.4 Å². The lowest BCUT2D eigenvalue weighted by molar-refractivity contribution is 0.332. The van der Waals surface area contributed by atoms with Gasteiger partial charge >= 0.3 is 6.85 Å². The van der Waals surface area contributed by atoms with Crippen LogP contribution in [0.1, 0.15) is 103 Å². The number of thiophene rings is 1. The summed E-state index contributed by atoms with van der Waals surface area (Å²) >= 11 is 2.04. The second-order valence-corrected chi connectivity index (χ2v) is 22.3. The first-order chi connectivity index (χ1) is 29.1. The first kappa shape index (κ1) is 37.2. The van der Waals surface area contributed by atoms with E-state index < -0.39 is 0 Å². The van der Waals surface area contributed by atoms with Gasteiger partial charge in [-0.25, -0.2) is 0 Å². The Morgan fingerprint density at radius 3 is 2.02 bits per heavy atom. The van der Waals surface area contributed by atoms with Crippen LogP contribution in [-0.2, 0) is 21.7 Å². The number of rotatable bonds is 2. The molecule has 0 unspecified atom stereocenters. The standard InChI is InChI=1S/C57H53BN2S/c1-54(2,3)36-26-27-45(39(31-36)34-18-11-10-12-19-34)59-47-30-35-20-13-14-21-37(35)49-38-22-17-24-42-51(38)60(46-25-16-15-23-41(46)57(42,8)9)58(50(47)49)53-52(59)40-32-43-44(33-48(40)61-53)56(6,7)29-28-55(43,4)5/h10-27,30-33H,28-29H2,1-9H3. The molecule has 300 valence electrons. The fourth-order valence-corrected chi connectivity index (χ4v) is 13.0. The van der Waals surface area contributed by atoms with Crippen molar-refractivity contribution < 1.29 is 0 Å². The van der Waals surface area contributed by atoms with E-state index >= 15 is 0 Å². The third kappa shape index (κ3) is 5.03. The Labute approximate surface area is 366 Å². The van der Waals surface area contributed by atoms with E-state index in [0.717, 1.165) is 0 Å². The maximum Gasteiger partial charge on any atom is 0.343 e. The lowest BCUT2D eigenvalue weighted by Crippen LogP contribution is -2.62. The van der Waals surface area contributed by atoms with Crippen molar-refractivity contribution in [2.45, 2.75) is 96.8 Å². The predicted octanol–water partition coefficient (Wildman–Crippen LogP) is 14.7. The van der Waals surface area contributed by atoms with Crippen LogP contribution in [0.2, 0.25) is 0 Å². The molecule has 0 amide bonds. The smallest absolute Gasteiger partial charge is 0.343 e. The van der Waals surface area contributed by atoms with Gasteiger partial charge in [-0.1, -0.05) is 159 Å². The summed E-state index contributed by atoms with van der Waals surface area (Å²) in [5.74, 6) is 0. The number of hydrogen-bond acceptors (Lipinski definition) is 3. The molecule has 0 N–H and O–H groups in total. The molecule has 4 aliphatic rings. The highest BCUT2D eigenvalue weighted by Gasteiger charge is 2.52. The third-order valence-electron chi connectivity index (χ3n) is 15.2. The molecule has 0 bridgehead atoms. The van der Waals surface area contributed by atoms with E-state index in [0.29, 0.717) is 0 Å². The second-order valence-electron chi connectivity index (χ2n) is 21.2. The normalized spacial score (nSPS) is 17.4. The van der Waals surface area contributed by atoms with E-state index in [-0.39, 0.29) is 28.5 Å². The predicted molar refractivity (Wildman–Crippen MR) is 265 cm³/mol. The Morgan fingerprint density at radius 2 is 1.25 bits per heavy atom. The minimum atomic E-state index is -0.164. The highest BCUT2D eigenvalue weighted by molar-refractivity contribution is 7.32. The minimum absolute atomic E-state index is 0.00823. The van der Waals surface area contributed by atoms with Crippen LogP contribution in [-0.4, -0.2) is 6.85 Å². The summed E-state index contributed by atoms with van der Waals surface area (Å²) in [5.41, 5.74) is 20.3. The molecule has 4 heterocycles. The number of fused-ring (bicyclic) bond motifs is 11. The first-order valence-electron chi connectivity index (χ1n) is 22.3. The van der Waals surface area contributed by atoms with Gasteiger partial charge in [-0.15, -0.1) is 11.3 Å². The van der Waals surface area contributed by atoms with E-state index in [9.17, 15) is 0 Å². The number of hydrogen-bond donors (Lipinski definition) is 0. The monoisotopic (exact) mass is 808 g/mol. The van der Waals surface area contributed by atoms with Crippen molar-refractivity contribution in [3.05, 3.63) is 161 Å². The fourth-order valence-electron chi connectivity index (χ4n) is 11.7. The van der Waals surface area contributed by atoms with Crippen LogP contribution in [0.4, 0.5) is 28.4 Å². The molecule has 1 aromatic heterocycles. The van der Waals surface area contributed by atoms with Gasteiger partial charge in [0.1, 0.15) is 0 Å². The van der Waals surface area contributed by atoms with Gasteiger partial charge in [0, 0.05) is 48.5 Å². The molecule has 0 spiro atoms. The fraction of sp³-hybridized carbons (Fsp3) is 0.263. The number of anilines is 5. The Bertz CT molecular complexity index is 3180. The molecule has 2 nitrogen and oxygen atoms in total. The average Bonchev–Trinajstić information content (AvgIpc) is 3.62. The first-order valence-corrected chi connectivity index (χ1v) is 23.2. The van der Waals surface area contributed by atoms with Crippen LogP contribution in [0.3, 0.4) is 0 Å². The zero-order chi connectivity index (χ0) is 42.0. The summed E-state index contributed by atoms with van der Waals surface area (Å²) < 4.78 is 2.81. The summed E-state index contributed by atoms with van der Waals surface area (Å²) in [4.78, 5) is 5.48. The molecule has 1 aliphatic carbocycles. The SMILES string of the molecule is CC(C)(C)c1ccc(N2c3cc4ccccc4c4c3B(c3sc5cc6c(cc5c32)C(C)(C)CCC6(C)C)N2c3ccccc3C(C)(C)c3cccc-4c32)c(-c2ccccc2)c1. The number of para-hydroxylation sites is 2. The van der Waals surface area contributed by atoms with E-state index in [1.54, 1.807) is 0 Å². The van der Waals surface area contributed by atoms with E-state index in [1.165, 1.54) is 122 Å². The molecular weight excluding hydrogens is 756 g/mol. The molecule has 0 saturated heterocycles. The zero-order valence-electron chi connectivity index (χ0n) is 37.0. The molecule has 0 saturated carbocycles. The number of nitrogens with zero attached hydrogens (tertiary/aromatic N) is 2. The summed E-state index contributed by atoms with van der Waals surface area (Å²) in [5, 5.41) is 3.97. The van der Waals surface area contributed by atoms with Crippen LogP contribution in [0, 0.1) is 0 Å². The summed E-state index contributed by atoms with van der Waals surface area (Å²) in [6.07, 6.45) is 2.38. The molecule has 7 aromatic carbocycles. The molecule has 61 heavy (non-hydrogen) atoms. The van der Waals surface area contributed by atoms with Crippen molar-refractivity contribution >= 4 is 77.7 Å². The molecule has 4 heteroatoms. The summed E-state index contributed by atoms with van der Waals surface area (Å²) in [6.45, 7) is 21.7. The highest BCUT2D eigenvalue weighted by Crippen LogP contribution is 2.59. The van der Waals surface area contributed by atoms with Crippen LogP contribution >= 0.6 is 11.3 Å². The van der Waals surface area contributed by atoms with Gasteiger partial charge in [-0.05, 0) is 121 Å². The molecule has 12 rings (SSSR count). The summed E-state index contributed by atoms with van der Waals surface area (Å²) in [7, 11) is 0. The van der Waals surface area contributed by atoms with Crippen molar-refractivity contribution in [1.82, 2.24) is 0 Å². The van der Waals surface area contributed by atoms with Gasteiger partial charge in [0.2, 0.25) is 0 Å². The Kier molecular flexibility index (Phi) is 7.50. The van der Waals surface area contributed by atoms with Crippen LogP contribution in [0.25, 0.3) is 43.1 Å². The molecule has 3 aliphatic heterocycles. The van der Waals surface area contributed by atoms with Crippen LogP contribution in [0.15, 0.2) is 133 Å². The molecular formula is C57H53BN2S. The second kappa shape index (κ2) is 12.3. The van der Waals surface area contributed by atoms with E-state index in [4.69, 9.17) is 0 Å².